The van der Waals surface area contributed by atoms with Crippen molar-refractivity contribution >= 4 is 23.8 Å². The maximum atomic E-state index is 12.5. The van der Waals surface area contributed by atoms with Crippen LogP contribution in [0.25, 0.3) is 0 Å². The molecule has 4 aliphatic carbocycles. The Morgan fingerprint density at radius 1 is 0.853 bits per heavy atom. The van der Waals surface area contributed by atoms with Gasteiger partial charge in [0.05, 0.1) is 43.7 Å². The molecule has 1 amide bonds. The van der Waals surface area contributed by atoms with E-state index in [1.54, 1.807) is 11.4 Å². The molecule has 366 valence electrons. The number of fused-ring (bicyclic) bond motifs is 6. The van der Waals surface area contributed by atoms with Gasteiger partial charge >= 0.3 is 88.7 Å². The third-order valence-electron chi connectivity index (χ3n) is 17.3. The molecule has 0 radical (unpaired) electrons. The van der Waals surface area contributed by atoms with Gasteiger partial charge in [-0.1, -0.05) is 65.5 Å². The summed E-state index contributed by atoms with van der Waals surface area (Å²) in [7, 11) is 4.64. The third kappa shape index (κ3) is 15.7. The Morgan fingerprint density at radius 2 is 1.54 bits per heavy atom. The van der Waals surface area contributed by atoms with E-state index in [2.05, 4.69) is 73.5 Å². The van der Waals surface area contributed by atoms with Crippen molar-refractivity contribution in [1.82, 2.24) is 29.8 Å². The number of imidazole rings is 1. The molecule has 2 aromatic rings. The van der Waals surface area contributed by atoms with Gasteiger partial charge in [-0.2, -0.15) is 0 Å². The summed E-state index contributed by atoms with van der Waals surface area (Å²) in [6.45, 7) is 12.1. The largest absolute Gasteiger partial charge is 1.00 e. The number of aryl methyl sites for hydroxylation is 2. The minimum absolute atomic E-state index is 0. The smallest absolute Gasteiger partial charge is 1.00 e. The average Bonchev–Trinajstić information content (AvgIpc) is 3.90. The Balaban J connectivity index is 0.00000397. The molecule has 1 N–H and O–H groups in total. The van der Waals surface area contributed by atoms with Gasteiger partial charge in [0.1, 0.15) is 11.4 Å². The van der Waals surface area contributed by atoms with E-state index in [1.165, 1.54) is 76.5 Å². The fourth-order valence-electron chi connectivity index (χ4n) is 13.9. The zero-order valence-electron chi connectivity index (χ0n) is 43.6. The summed E-state index contributed by atoms with van der Waals surface area (Å²) in [6.07, 6.45) is 22.7. The van der Waals surface area contributed by atoms with Crippen molar-refractivity contribution in [3.05, 3.63) is 29.1 Å². The molecule has 68 heavy (non-hydrogen) atoms. The molecular formula is C50H79IN7Na3O7. The van der Waals surface area contributed by atoms with Gasteiger partial charge in [0.25, 0.3) is 5.82 Å². The molecule has 0 aromatic carbocycles. The van der Waals surface area contributed by atoms with Crippen LogP contribution in [-0.2, 0) is 65.5 Å². The molecule has 4 aliphatic rings. The van der Waals surface area contributed by atoms with Crippen LogP contribution >= 0.6 is 0 Å². The second kappa shape index (κ2) is 29.1. The summed E-state index contributed by atoms with van der Waals surface area (Å²) in [4.78, 5) is 46.7. The van der Waals surface area contributed by atoms with Crippen LogP contribution in [0, 0.1) is 52.3 Å². The summed E-state index contributed by atoms with van der Waals surface area (Å²) in [5.74, 6) is 2.51. The van der Waals surface area contributed by atoms with Gasteiger partial charge in [-0.05, 0) is 123 Å². The Bertz CT molecular complexity index is 1940. The molecule has 18 heteroatoms. The van der Waals surface area contributed by atoms with Gasteiger partial charge in [-0.3, -0.25) is 14.4 Å². The number of carbonyl (C=O) groups is 4. The van der Waals surface area contributed by atoms with Crippen LogP contribution in [0.2, 0.25) is 0 Å². The molecule has 6 rings (SSSR count). The Morgan fingerprint density at radius 3 is 2.21 bits per heavy atom. The topological polar surface area (TPSA) is 192 Å². The molecule has 0 saturated heterocycles. The molecule has 3 saturated carbocycles. The molecule has 3 fully saturated rings. The number of carboxylic acid groups (broad SMARTS) is 3. The third-order valence-corrected chi connectivity index (χ3v) is 17.3. The number of nitrogens with one attached hydrogen (secondary N) is 1. The van der Waals surface area contributed by atoms with Crippen LogP contribution < -0.4 is 138 Å². The number of amides is 1. The number of carboxylic acids is 3. The van der Waals surface area contributed by atoms with Crippen LogP contribution in [0.5, 0.6) is 0 Å². The number of rotatable bonds is 25. The first kappa shape index (κ1) is 64.0. The second-order valence-corrected chi connectivity index (χ2v) is 21.6. The number of nitrogens with zero attached hydrogens (tertiary/aromatic N) is 6. The predicted molar refractivity (Wildman–Crippen MR) is 236 cm³/mol. The van der Waals surface area contributed by atoms with Crippen molar-refractivity contribution in [2.24, 2.45) is 66.4 Å². The SMILES string of the molecule is CC(C)CCC[C@@H](C)[C@H]1CC[C@H]2[C@@H]3CC[C@H]4Cc5c(n(C)c(CCCCCn6cc(CCC(=O)NCCCC[C@@H](C(=O)[O-])N(CC(=O)[O-])CC(=O)[O-])nn6)[n+]5C)C[C@]4(C)[C@H]3CC[C@]12C.[I-].[Na+].[Na+].[Na+]. The predicted octanol–water partition coefficient (Wildman–Crippen LogP) is -8.95. The van der Waals surface area contributed by atoms with E-state index in [9.17, 15) is 34.5 Å². The fraction of sp³-hybridized carbons (Fsp3) is 0.820. The molecule has 0 unspecified atom stereocenters. The van der Waals surface area contributed by atoms with Gasteiger partial charge in [0.2, 0.25) is 5.91 Å². The summed E-state index contributed by atoms with van der Waals surface area (Å²) >= 11 is 0. The number of unbranched alkanes of at least 4 members (excludes halogenated alkanes) is 3. The van der Waals surface area contributed by atoms with E-state index in [4.69, 9.17) is 0 Å². The summed E-state index contributed by atoms with van der Waals surface area (Å²) in [6, 6.07) is -1.43. The minimum Gasteiger partial charge on any atom is -1.00 e. The minimum atomic E-state index is -1.60. The van der Waals surface area contributed by atoms with Crippen molar-refractivity contribution in [3.8, 4) is 0 Å². The molecule has 0 spiro atoms. The van der Waals surface area contributed by atoms with Gasteiger partial charge < -0.3 is 59.0 Å². The number of carbonyl (C=O) groups excluding carboxylic acids is 4. The van der Waals surface area contributed by atoms with Crippen LogP contribution in [0.15, 0.2) is 6.20 Å². The summed E-state index contributed by atoms with van der Waals surface area (Å²) in [5, 5.41) is 44.9. The first-order valence-electron chi connectivity index (χ1n) is 25.0. The molecule has 0 bridgehead atoms. The van der Waals surface area contributed by atoms with Crippen LogP contribution in [-0.4, -0.2) is 74.0 Å². The van der Waals surface area contributed by atoms with Crippen LogP contribution in [0.3, 0.4) is 0 Å². The van der Waals surface area contributed by atoms with E-state index in [1.807, 2.05) is 10.9 Å². The van der Waals surface area contributed by atoms with Crippen molar-refractivity contribution in [1.29, 1.82) is 0 Å². The number of hydrogen-bond donors (Lipinski definition) is 1. The zero-order chi connectivity index (χ0) is 46.3. The second-order valence-electron chi connectivity index (χ2n) is 21.6. The van der Waals surface area contributed by atoms with Crippen molar-refractivity contribution in [2.45, 2.75) is 176 Å². The maximum absolute atomic E-state index is 12.5. The molecular weight excluding hydrogens is 1010 g/mol. The summed E-state index contributed by atoms with van der Waals surface area (Å²) < 4.78 is 6.98. The molecule has 14 nitrogen and oxygen atoms in total. The van der Waals surface area contributed by atoms with E-state index >= 15 is 0 Å². The van der Waals surface area contributed by atoms with E-state index in [-0.39, 0.29) is 138 Å². The van der Waals surface area contributed by atoms with Crippen molar-refractivity contribution in [2.75, 3.05) is 19.6 Å². The van der Waals surface area contributed by atoms with Gasteiger partial charge in [0, 0.05) is 64.5 Å². The monoisotopic (exact) mass is 1090 g/mol. The van der Waals surface area contributed by atoms with Crippen LogP contribution in [0.4, 0.5) is 0 Å². The first-order valence-corrected chi connectivity index (χ1v) is 25.0. The Labute approximate surface area is 490 Å². The zero-order valence-corrected chi connectivity index (χ0v) is 51.7. The van der Waals surface area contributed by atoms with E-state index in [0.29, 0.717) is 30.1 Å². The summed E-state index contributed by atoms with van der Waals surface area (Å²) in [5.41, 5.74) is 4.84. The van der Waals surface area contributed by atoms with E-state index < -0.39 is 37.0 Å². The van der Waals surface area contributed by atoms with Gasteiger partial charge in [-0.15, -0.1) is 5.10 Å². The van der Waals surface area contributed by atoms with Crippen molar-refractivity contribution < 1.29 is 152 Å². The number of hydrogen-bond acceptors (Lipinski definition) is 10. The van der Waals surface area contributed by atoms with Crippen molar-refractivity contribution in [3.63, 3.8) is 0 Å². The van der Waals surface area contributed by atoms with Gasteiger partial charge in [-0.25, -0.2) is 9.13 Å². The number of halogens is 1. The maximum Gasteiger partial charge on any atom is 1.00 e. The molecule has 2 heterocycles. The normalized spacial score (nSPS) is 25.5. The van der Waals surface area contributed by atoms with Gasteiger partial charge in [0.15, 0.2) is 0 Å². The fourth-order valence-corrected chi connectivity index (χ4v) is 13.9. The quantitative estimate of drug-likeness (QED) is 0.0433. The van der Waals surface area contributed by atoms with E-state index in [0.717, 1.165) is 84.2 Å². The number of aromatic nitrogens is 5. The molecule has 2 aromatic heterocycles. The Kier molecular flexibility index (Phi) is 27.4. The first-order chi connectivity index (χ1) is 30.4. The average molecular weight is 1090 g/mol. The molecule has 0 aliphatic heterocycles. The Hall–Kier alpha value is -0.0800. The number of aliphatic carboxylic acids is 3. The standard InChI is InChI=1S/C50H81N7O7.HI.3Na/c1-33(2)14-13-15-34(3)38-21-22-39-37-20-18-35-28-42-43(29-50(35,5)40(37)24-25-49(38,39)4)55(7)45(54(42)6)17-9-8-12-27-57-30-36(52-53-57)19-23-44(58)51-26-11-10-16-41(48(63)64)56(31-46(59)60)32-47(61)62;;;;/h30,33-35,37-41H,8-29,31-32H2,1-7H3,(H3-,51,58,59,60,61,62,63,64);1H;;;/q;;3*+1/p-3/t34-,35+,37+,38-,39+,40+,41+,49-,50+;;;;/m1..../s1. The van der Waals surface area contributed by atoms with Crippen LogP contribution in [0.1, 0.15) is 160 Å². The molecule has 9 atom stereocenters.